The zero-order chi connectivity index (χ0) is 11.1. The lowest BCUT2D eigenvalue weighted by Gasteiger charge is -2.06. The van der Waals surface area contributed by atoms with E-state index in [9.17, 15) is 0 Å². The average Bonchev–Trinajstić information content (AvgIpc) is 2.20. The van der Waals surface area contributed by atoms with E-state index in [0.29, 0.717) is 0 Å². The molecular weight excluding hydrogens is 206 g/mol. The zero-order valence-electron chi connectivity index (χ0n) is 9.45. The predicted molar refractivity (Wildman–Crippen MR) is 67.4 cm³/mol. The second-order valence-corrected chi connectivity index (χ2v) is 4.64. The van der Waals surface area contributed by atoms with Crippen LogP contribution >= 0.6 is 11.8 Å². The van der Waals surface area contributed by atoms with E-state index in [0.717, 1.165) is 36.0 Å². The first-order valence-corrected chi connectivity index (χ1v) is 6.29. The highest BCUT2D eigenvalue weighted by molar-refractivity contribution is 7.99. The van der Waals surface area contributed by atoms with E-state index in [4.69, 9.17) is 10.5 Å². The number of thioether (sulfide) groups is 1. The van der Waals surface area contributed by atoms with Gasteiger partial charge in [-0.05, 0) is 31.0 Å². The van der Waals surface area contributed by atoms with Crippen LogP contribution in [0.1, 0.15) is 18.9 Å². The van der Waals surface area contributed by atoms with E-state index in [2.05, 4.69) is 26.0 Å². The van der Waals surface area contributed by atoms with Gasteiger partial charge in [0.2, 0.25) is 0 Å². The summed E-state index contributed by atoms with van der Waals surface area (Å²) in [5, 5.41) is 0. The number of benzene rings is 1. The van der Waals surface area contributed by atoms with E-state index in [1.807, 2.05) is 6.07 Å². The summed E-state index contributed by atoms with van der Waals surface area (Å²) in [5.74, 6) is 0.966. The molecule has 0 aliphatic rings. The van der Waals surface area contributed by atoms with E-state index >= 15 is 0 Å². The van der Waals surface area contributed by atoms with Crippen molar-refractivity contribution in [3.63, 3.8) is 0 Å². The van der Waals surface area contributed by atoms with Crippen LogP contribution in [0.25, 0.3) is 0 Å². The number of anilines is 1. The quantitative estimate of drug-likeness (QED) is 0.459. The number of aryl methyl sites for hydroxylation is 1. The molecule has 0 heterocycles. The van der Waals surface area contributed by atoms with Crippen LogP contribution in [-0.4, -0.2) is 19.0 Å². The molecule has 0 spiro atoms. The van der Waals surface area contributed by atoms with Crippen LogP contribution < -0.4 is 5.73 Å². The van der Waals surface area contributed by atoms with Crippen molar-refractivity contribution >= 4 is 17.4 Å². The van der Waals surface area contributed by atoms with Crippen LogP contribution in [0.3, 0.4) is 0 Å². The van der Waals surface area contributed by atoms with Crippen molar-refractivity contribution in [1.29, 1.82) is 0 Å². The van der Waals surface area contributed by atoms with Gasteiger partial charge in [0.1, 0.15) is 0 Å². The van der Waals surface area contributed by atoms with E-state index in [1.54, 1.807) is 11.8 Å². The van der Waals surface area contributed by atoms with Crippen LogP contribution in [0, 0.1) is 6.92 Å². The number of hydrogen-bond acceptors (Lipinski definition) is 3. The minimum absolute atomic E-state index is 0.797. The maximum atomic E-state index is 5.90. The molecule has 0 saturated carbocycles. The Labute approximate surface area is 96.2 Å². The molecule has 2 nitrogen and oxygen atoms in total. The second-order valence-electron chi connectivity index (χ2n) is 3.50. The van der Waals surface area contributed by atoms with Gasteiger partial charge >= 0.3 is 0 Å². The van der Waals surface area contributed by atoms with Crippen molar-refractivity contribution in [2.24, 2.45) is 0 Å². The Bertz CT molecular complexity index is 302. The largest absolute Gasteiger partial charge is 0.398 e. The topological polar surface area (TPSA) is 35.2 Å². The molecule has 0 unspecified atom stereocenters. The van der Waals surface area contributed by atoms with Crippen molar-refractivity contribution in [3.8, 4) is 0 Å². The monoisotopic (exact) mass is 225 g/mol. The third-order valence-corrected chi connectivity index (χ3v) is 3.05. The summed E-state index contributed by atoms with van der Waals surface area (Å²) in [6, 6.07) is 6.18. The molecule has 2 N–H and O–H groups in total. The van der Waals surface area contributed by atoms with Gasteiger partial charge in [-0.15, -0.1) is 11.8 Å². The summed E-state index contributed by atoms with van der Waals surface area (Å²) in [6.45, 7) is 5.82. The normalized spacial score (nSPS) is 10.5. The first-order chi connectivity index (χ1) is 7.24. The standard InChI is InChI=1S/C12H19NOS/c1-3-6-14-7-8-15-12-5-4-10(2)9-11(12)13/h4-5,9H,3,6-8,13H2,1-2H3. The highest BCUT2D eigenvalue weighted by Crippen LogP contribution is 2.25. The fourth-order valence-electron chi connectivity index (χ4n) is 1.26. The Morgan fingerprint density at radius 2 is 2.13 bits per heavy atom. The highest BCUT2D eigenvalue weighted by Gasteiger charge is 1.99. The molecule has 15 heavy (non-hydrogen) atoms. The van der Waals surface area contributed by atoms with Gasteiger partial charge in [0, 0.05) is 22.9 Å². The van der Waals surface area contributed by atoms with Crippen LogP contribution in [-0.2, 0) is 4.74 Å². The summed E-state index contributed by atoms with van der Waals surface area (Å²) >= 11 is 1.76. The number of ether oxygens (including phenoxy) is 1. The number of nitrogens with two attached hydrogens (primary N) is 1. The van der Waals surface area contributed by atoms with Gasteiger partial charge in [-0.1, -0.05) is 13.0 Å². The van der Waals surface area contributed by atoms with Crippen LogP contribution in [0.5, 0.6) is 0 Å². The summed E-state index contributed by atoms with van der Waals surface area (Å²) < 4.78 is 5.41. The number of nitrogen functional groups attached to an aromatic ring is 1. The molecule has 1 aromatic rings. The lowest BCUT2D eigenvalue weighted by molar-refractivity contribution is 0.151. The van der Waals surface area contributed by atoms with Gasteiger partial charge in [-0.25, -0.2) is 0 Å². The predicted octanol–water partition coefficient (Wildman–Crippen LogP) is 3.10. The van der Waals surface area contributed by atoms with E-state index < -0.39 is 0 Å². The van der Waals surface area contributed by atoms with Crippen molar-refractivity contribution in [1.82, 2.24) is 0 Å². The zero-order valence-corrected chi connectivity index (χ0v) is 10.3. The Hall–Kier alpha value is -0.670. The molecule has 3 heteroatoms. The molecule has 1 aromatic carbocycles. The Kier molecular flexibility index (Phi) is 5.58. The fourth-order valence-corrected chi connectivity index (χ4v) is 2.07. The molecule has 0 radical (unpaired) electrons. The van der Waals surface area contributed by atoms with Crippen LogP contribution in [0.15, 0.2) is 23.1 Å². The maximum absolute atomic E-state index is 5.90. The summed E-state index contributed by atoms with van der Waals surface area (Å²) in [4.78, 5) is 1.15. The Balaban J connectivity index is 2.31. The highest BCUT2D eigenvalue weighted by atomic mass is 32.2. The van der Waals surface area contributed by atoms with Crippen LogP contribution in [0.2, 0.25) is 0 Å². The summed E-state index contributed by atoms with van der Waals surface area (Å²) in [5.41, 5.74) is 7.98. The SMILES string of the molecule is CCCOCCSc1ccc(C)cc1N. The molecule has 0 amide bonds. The van der Waals surface area contributed by atoms with Gasteiger partial charge in [-0.3, -0.25) is 0 Å². The minimum Gasteiger partial charge on any atom is -0.398 e. The van der Waals surface area contributed by atoms with Crippen molar-refractivity contribution in [3.05, 3.63) is 23.8 Å². The minimum atomic E-state index is 0.797. The first kappa shape index (κ1) is 12.4. The van der Waals surface area contributed by atoms with Crippen molar-refractivity contribution < 1.29 is 4.74 Å². The Morgan fingerprint density at radius 1 is 1.33 bits per heavy atom. The number of hydrogen-bond donors (Lipinski definition) is 1. The molecule has 0 aromatic heterocycles. The number of rotatable bonds is 6. The van der Waals surface area contributed by atoms with E-state index in [1.165, 1.54) is 5.56 Å². The van der Waals surface area contributed by atoms with Crippen molar-refractivity contribution in [2.75, 3.05) is 24.7 Å². The van der Waals surface area contributed by atoms with Gasteiger partial charge in [0.05, 0.1) is 6.61 Å². The smallest absolute Gasteiger partial charge is 0.0560 e. The molecule has 0 atom stereocenters. The van der Waals surface area contributed by atoms with Gasteiger partial charge < -0.3 is 10.5 Å². The molecule has 0 aliphatic carbocycles. The van der Waals surface area contributed by atoms with Gasteiger partial charge in [0.15, 0.2) is 0 Å². The molecule has 0 fully saturated rings. The lowest BCUT2D eigenvalue weighted by atomic mass is 10.2. The third-order valence-electron chi connectivity index (χ3n) is 2.00. The van der Waals surface area contributed by atoms with Gasteiger partial charge in [-0.2, -0.15) is 0 Å². The first-order valence-electron chi connectivity index (χ1n) is 5.30. The van der Waals surface area contributed by atoms with Crippen molar-refractivity contribution in [2.45, 2.75) is 25.2 Å². The fraction of sp³-hybridized carbons (Fsp3) is 0.500. The molecule has 0 bridgehead atoms. The van der Waals surface area contributed by atoms with Crippen LogP contribution in [0.4, 0.5) is 5.69 Å². The van der Waals surface area contributed by atoms with E-state index in [-0.39, 0.29) is 0 Å². The molecule has 0 aliphatic heterocycles. The molecule has 0 saturated heterocycles. The third kappa shape index (κ3) is 4.58. The lowest BCUT2D eigenvalue weighted by Crippen LogP contribution is -1.98. The Morgan fingerprint density at radius 3 is 2.80 bits per heavy atom. The average molecular weight is 225 g/mol. The molecule has 84 valence electrons. The maximum Gasteiger partial charge on any atom is 0.0560 e. The summed E-state index contributed by atoms with van der Waals surface area (Å²) in [7, 11) is 0. The summed E-state index contributed by atoms with van der Waals surface area (Å²) in [6.07, 6.45) is 1.08. The second kappa shape index (κ2) is 6.75. The van der Waals surface area contributed by atoms with Gasteiger partial charge in [0.25, 0.3) is 0 Å². The molecular formula is C12H19NOS. The molecule has 1 rings (SSSR count).